The molecule has 0 aromatic carbocycles. The van der Waals surface area contributed by atoms with Crippen LogP contribution < -0.4 is 5.32 Å². The predicted molar refractivity (Wildman–Crippen MR) is 80.8 cm³/mol. The number of nitrogens with one attached hydrogen (secondary N) is 1. The summed E-state index contributed by atoms with van der Waals surface area (Å²) >= 11 is 0. The number of rotatable bonds is 5. The number of piperazine rings is 1. The van der Waals surface area contributed by atoms with Crippen molar-refractivity contribution >= 4 is 11.8 Å². The molecular formula is C16H28N2O3. The van der Waals surface area contributed by atoms with Gasteiger partial charge in [0.2, 0.25) is 11.8 Å². The van der Waals surface area contributed by atoms with Crippen molar-refractivity contribution in [2.75, 3.05) is 13.2 Å². The van der Waals surface area contributed by atoms with Gasteiger partial charge in [-0.1, -0.05) is 6.92 Å². The molecule has 1 saturated carbocycles. The van der Waals surface area contributed by atoms with Crippen LogP contribution in [0.4, 0.5) is 0 Å². The summed E-state index contributed by atoms with van der Waals surface area (Å²) in [5.41, 5.74) is -0.997. The summed E-state index contributed by atoms with van der Waals surface area (Å²) in [4.78, 5) is 26.9. The highest BCUT2D eigenvalue weighted by Gasteiger charge is 2.51. The number of nitrogens with zero attached hydrogens (tertiary/aromatic N) is 1. The average Bonchev–Trinajstić information content (AvgIpc) is 3.21. The third kappa shape index (κ3) is 3.39. The number of amides is 2. The van der Waals surface area contributed by atoms with Gasteiger partial charge in [-0.05, 0) is 52.9 Å². The normalized spacial score (nSPS) is 30.5. The van der Waals surface area contributed by atoms with Crippen LogP contribution in [0, 0.1) is 5.92 Å². The molecule has 120 valence electrons. The molecule has 21 heavy (non-hydrogen) atoms. The molecule has 2 rings (SSSR count). The van der Waals surface area contributed by atoms with Gasteiger partial charge < -0.3 is 15.0 Å². The molecule has 0 bridgehead atoms. The smallest absolute Gasteiger partial charge is 0.246 e. The lowest BCUT2D eigenvalue weighted by Crippen LogP contribution is -2.70. The zero-order valence-corrected chi connectivity index (χ0v) is 13.9. The zero-order valence-electron chi connectivity index (χ0n) is 13.9. The minimum absolute atomic E-state index is 0.0303. The van der Waals surface area contributed by atoms with Gasteiger partial charge in [0.1, 0.15) is 11.6 Å². The minimum Gasteiger partial charge on any atom is -0.374 e. The number of hydrogen-bond donors (Lipinski definition) is 1. The first-order valence-corrected chi connectivity index (χ1v) is 7.95. The quantitative estimate of drug-likeness (QED) is 0.840. The van der Waals surface area contributed by atoms with Gasteiger partial charge in [-0.15, -0.1) is 0 Å². The molecule has 2 amide bonds. The van der Waals surface area contributed by atoms with Gasteiger partial charge >= 0.3 is 0 Å². The van der Waals surface area contributed by atoms with E-state index in [2.05, 4.69) is 5.32 Å². The molecule has 0 aromatic heterocycles. The van der Waals surface area contributed by atoms with E-state index in [1.807, 2.05) is 34.6 Å². The highest BCUT2D eigenvalue weighted by molar-refractivity contribution is 5.99. The summed E-state index contributed by atoms with van der Waals surface area (Å²) in [6, 6.07) is -0.327. The van der Waals surface area contributed by atoms with E-state index in [1.165, 1.54) is 0 Å². The molecule has 2 atom stereocenters. The van der Waals surface area contributed by atoms with E-state index in [0.717, 1.165) is 12.8 Å². The van der Waals surface area contributed by atoms with E-state index in [4.69, 9.17) is 4.74 Å². The fourth-order valence-corrected chi connectivity index (χ4v) is 2.79. The van der Waals surface area contributed by atoms with Crippen LogP contribution in [0.5, 0.6) is 0 Å². The third-order valence-corrected chi connectivity index (χ3v) is 4.54. The Balaban J connectivity index is 2.10. The standard InChI is InChI=1S/C16H28N2O3/c1-6-16(5)14(20)17-12(11-7-8-11)13(19)18(16)9-10-21-15(2,3)4/h11-12H,6-10H2,1-5H3,(H,17,20). The lowest BCUT2D eigenvalue weighted by Gasteiger charge is -2.46. The number of carbonyl (C=O) groups is 2. The molecule has 0 radical (unpaired) electrons. The Morgan fingerprint density at radius 1 is 1.33 bits per heavy atom. The number of hydrogen-bond acceptors (Lipinski definition) is 3. The topological polar surface area (TPSA) is 58.6 Å². The molecule has 1 N–H and O–H groups in total. The average molecular weight is 296 g/mol. The van der Waals surface area contributed by atoms with Crippen molar-refractivity contribution in [1.29, 1.82) is 0 Å². The van der Waals surface area contributed by atoms with Crippen LogP contribution in [0.2, 0.25) is 0 Å². The zero-order chi connectivity index (χ0) is 15.8. The summed E-state index contributed by atoms with van der Waals surface area (Å²) < 4.78 is 5.74. The molecule has 2 aliphatic rings. The van der Waals surface area contributed by atoms with Crippen LogP contribution in [0.15, 0.2) is 0 Å². The third-order valence-electron chi connectivity index (χ3n) is 4.54. The van der Waals surface area contributed by atoms with Crippen LogP contribution >= 0.6 is 0 Å². The van der Waals surface area contributed by atoms with E-state index in [9.17, 15) is 9.59 Å². The Labute approximate surface area is 127 Å². The van der Waals surface area contributed by atoms with Crippen LogP contribution in [0.3, 0.4) is 0 Å². The first-order valence-electron chi connectivity index (χ1n) is 7.95. The van der Waals surface area contributed by atoms with Gasteiger partial charge in [-0.2, -0.15) is 0 Å². The van der Waals surface area contributed by atoms with Crippen molar-refractivity contribution < 1.29 is 14.3 Å². The summed E-state index contributed by atoms with van der Waals surface area (Å²) in [5, 5.41) is 2.94. The molecule has 2 fully saturated rings. The largest absolute Gasteiger partial charge is 0.374 e. The van der Waals surface area contributed by atoms with Gasteiger partial charge in [-0.3, -0.25) is 9.59 Å². The molecule has 1 aliphatic carbocycles. The first kappa shape index (κ1) is 16.3. The lowest BCUT2D eigenvalue weighted by molar-refractivity contribution is -0.159. The van der Waals surface area contributed by atoms with Gasteiger partial charge in [0.05, 0.1) is 12.2 Å². The lowest BCUT2D eigenvalue weighted by atomic mass is 9.89. The van der Waals surface area contributed by atoms with Gasteiger partial charge in [0.25, 0.3) is 0 Å². The maximum absolute atomic E-state index is 12.7. The summed E-state index contributed by atoms with van der Waals surface area (Å²) in [6.45, 7) is 10.7. The van der Waals surface area contributed by atoms with E-state index < -0.39 is 5.54 Å². The maximum Gasteiger partial charge on any atom is 0.246 e. The molecule has 1 saturated heterocycles. The summed E-state index contributed by atoms with van der Waals surface area (Å²) in [6.07, 6.45) is 2.68. The monoisotopic (exact) mass is 296 g/mol. The highest BCUT2D eigenvalue weighted by Crippen LogP contribution is 2.37. The first-order chi connectivity index (χ1) is 9.69. The second-order valence-electron chi connectivity index (χ2n) is 7.37. The molecule has 0 spiro atoms. The minimum atomic E-state index is -0.760. The number of ether oxygens (including phenoxy) is 1. The fraction of sp³-hybridized carbons (Fsp3) is 0.875. The molecular weight excluding hydrogens is 268 g/mol. The molecule has 5 nitrogen and oxygen atoms in total. The molecule has 5 heteroatoms. The Bertz CT molecular complexity index is 426. The van der Waals surface area contributed by atoms with Crippen molar-refractivity contribution in [3.63, 3.8) is 0 Å². The second-order valence-corrected chi connectivity index (χ2v) is 7.37. The van der Waals surface area contributed by atoms with Crippen LogP contribution in [0.25, 0.3) is 0 Å². The Morgan fingerprint density at radius 3 is 2.43 bits per heavy atom. The Hall–Kier alpha value is -1.10. The maximum atomic E-state index is 12.7. The van der Waals surface area contributed by atoms with E-state index in [1.54, 1.807) is 4.90 Å². The van der Waals surface area contributed by atoms with Crippen molar-refractivity contribution in [3.8, 4) is 0 Å². The van der Waals surface area contributed by atoms with Gasteiger partial charge in [0, 0.05) is 6.54 Å². The van der Waals surface area contributed by atoms with E-state index >= 15 is 0 Å². The summed E-state index contributed by atoms with van der Waals surface area (Å²) in [5.74, 6) is 0.352. The van der Waals surface area contributed by atoms with E-state index in [0.29, 0.717) is 25.5 Å². The van der Waals surface area contributed by atoms with Crippen LogP contribution in [-0.4, -0.2) is 47.0 Å². The SMILES string of the molecule is CCC1(C)C(=O)NC(C2CC2)C(=O)N1CCOC(C)(C)C. The van der Waals surface area contributed by atoms with Crippen molar-refractivity contribution in [3.05, 3.63) is 0 Å². The van der Waals surface area contributed by atoms with Crippen LogP contribution in [-0.2, 0) is 14.3 Å². The van der Waals surface area contributed by atoms with E-state index in [-0.39, 0.29) is 23.5 Å². The van der Waals surface area contributed by atoms with Crippen molar-refractivity contribution in [1.82, 2.24) is 10.2 Å². The fourth-order valence-electron chi connectivity index (χ4n) is 2.79. The molecule has 1 heterocycles. The number of carbonyl (C=O) groups excluding carboxylic acids is 2. The molecule has 1 aliphatic heterocycles. The van der Waals surface area contributed by atoms with Crippen LogP contribution in [0.1, 0.15) is 53.9 Å². The van der Waals surface area contributed by atoms with Gasteiger partial charge in [-0.25, -0.2) is 0 Å². The predicted octanol–water partition coefficient (Wildman–Crippen LogP) is 1.71. The van der Waals surface area contributed by atoms with Crippen molar-refractivity contribution in [2.45, 2.75) is 71.1 Å². The summed E-state index contributed by atoms with van der Waals surface area (Å²) in [7, 11) is 0. The Kier molecular flexibility index (Phi) is 4.34. The van der Waals surface area contributed by atoms with Crippen molar-refractivity contribution in [2.24, 2.45) is 5.92 Å². The molecule has 2 unspecified atom stereocenters. The Morgan fingerprint density at radius 2 is 1.95 bits per heavy atom. The second kappa shape index (κ2) is 5.59. The highest BCUT2D eigenvalue weighted by atomic mass is 16.5. The van der Waals surface area contributed by atoms with Gasteiger partial charge in [0.15, 0.2) is 0 Å². The molecule has 0 aromatic rings.